The number of carbonyl (C=O) groups excluding carboxylic acids is 2. The number of ether oxygens (including phenoxy) is 1. The highest BCUT2D eigenvalue weighted by Crippen LogP contribution is 2.29. The van der Waals surface area contributed by atoms with E-state index in [1.54, 1.807) is 30.3 Å². The van der Waals surface area contributed by atoms with Crippen molar-refractivity contribution in [3.8, 4) is 16.9 Å². The fourth-order valence-corrected chi connectivity index (χ4v) is 3.05. The van der Waals surface area contributed by atoms with Crippen molar-refractivity contribution < 1.29 is 39.9 Å². The van der Waals surface area contributed by atoms with Crippen molar-refractivity contribution in [1.29, 1.82) is 0 Å². The third-order valence-electron chi connectivity index (χ3n) is 4.84. The molecule has 4 atom stereocenters. The van der Waals surface area contributed by atoms with Crippen LogP contribution in [0.5, 0.6) is 5.75 Å². The Morgan fingerprint density at radius 2 is 1.62 bits per heavy atom. The predicted octanol–water partition coefficient (Wildman–Crippen LogP) is -0.765. The quantitative estimate of drug-likeness (QED) is 0.233. The van der Waals surface area contributed by atoms with Crippen molar-refractivity contribution in [2.24, 2.45) is 0 Å². The topological polar surface area (TPSA) is 169 Å². The van der Waals surface area contributed by atoms with Gasteiger partial charge in [0.1, 0.15) is 18.0 Å². The van der Waals surface area contributed by atoms with Gasteiger partial charge in [-0.15, -0.1) is 0 Å². The molecule has 0 aliphatic heterocycles. The standard InChI is InChI=1S/C22H28N2O8/c1-23-20(29)13-5-3-4-12(10-13)15-7-6-14(11-16(15)21(30)24-2)32-22(31)19(28)18(27)17(26)8-9-25/h3-7,10-11,17-19,22,25-28,31H,8-9H2,1-2H3,(H,23,29)(H,24,30). The lowest BCUT2D eigenvalue weighted by Crippen LogP contribution is -2.46. The Morgan fingerprint density at radius 1 is 0.938 bits per heavy atom. The summed E-state index contributed by atoms with van der Waals surface area (Å²) in [7, 11) is 2.95. The highest BCUT2D eigenvalue weighted by Gasteiger charge is 2.31. The van der Waals surface area contributed by atoms with Gasteiger partial charge in [-0.2, -0.15) is 0 Å². The summed E-state index contributed by atoms with van der Waals surface area (Å²) < 4.78 is 5.26. The smallest absolute Gasteiger partial charge is 0.251 e. The van der Waals surface area contributed by atoms with Gasteiger partial charge >= 0.3 is 0 Å². The van der Waals surface area contributed by atoms with Gasteiger partial charge in [0.05, 0.1) is 11.7 Å². The van der Waals surface area contributed by atoms with Crippen LogP contribution >= 0.6 is 0 Å². The molecule has 0 spiro atoms. The van der Waals surface area contributed by atoms with Crippen LogP contribution in [0, 0.1) is 0 Å². The molecular formula is C22H28N2O8. The van der Waals surface area contributed by atoms with Gasteiger partial charge in [-0.3, -0.25) is 9.59 Å². The van der Waals surface area contributed by atoms with E-state index in [2.05, 4.69) is 10.6 Å². The fourth-order valence-electron chi connectivity index (χ4n) is 3.05. The third-order valence-corrected chi connectivity index (χ3v) is 4.84. The van der Waals surface area contributed by atoms with E-state index in [0.717, 1.165) is 0 Å². The lowest BCUT2D eigenvalue weighted by molar-refractivity contribution is -0.166. The molecule has 7 N–H and O–H groups in total. The average molecular weight is 448 g/mol. The number of carbonyl (C=O) groups is 2. The number of aliphatic hydroxyl groups excluding tert-OH is 5. The molecule has 0 aliphatic rings. The zero-order valence-electron chi connectivity index (χ0n) is 17.7. The molecule has 4 unspecified atom stereocenters. The van der Waals surface area contributed by atoms with Crippen molar-refractivity contribution in [2.75, 3.05) is 20.7 Å². The van der Waals surface area contributed by atoms with Gasteiger partial charge < -0.3 is 40.9 Å². The molecule has 2 aromatic rings. The molecule has 2 aromatic carbocycles. The van der Waals surface area contributed by atoms with Crippen LogP contribution in [-0.2, 0) is 0 Å². The Balaban J connectivity index is 2.33. The summed E-state index contributed by atoms with van der Waals surface area (Å²) in [5.41, 5.74) is 1.68. The van der Waals surface area contributed by atoms with E-state index in [0.29, 0.717) is 16.7 Å². The number of nitrogens with one attached hydrogen (secondary N) is 2. The average Bonchev–Trinajstić information content (AvgIpc) is 2.82. The van der Waals surface area contributed by atoms with Crippen molar-refractivity contribution in [3.63, 3.8) is 0 Å². The van der Waals surface area contributed by atoms with E-state index in [9.17, 15) is 30.0 Å². The Hall–Kier alpha value is -3.02. The molecule has 32 heavy (non-hydrogen) atoms. The van der Waals surface area contributed by atoms with Gasteiger partial charge in [-0.25, -0.2) is 0 Å². The summed E-state index contributed by atoms with van der Waals surface area (Å²) in [6.45, 7) is -0.417. The molecule has 0 fully saturated rings. The molecule has 10 nitrogen and oxygen atoms in total. The summed E-state index contributed by atoms with van der Waals surface area (Å²) in [6, 6.07) is 11.0. The second kappa shape index (κ2) is 11.6. The minimum absolute atomic E-state index is 0.0187. The first-order chi connectivity index (χ1) is 15.2. The second-order valence-electron chi connectivity index (χ2n) is 7.02. The SMILES string of the molecule is CNC(=O)c1cccc(-c2ccc(OC(O)C(O)C(O)C(O)CCO)cc2C(=O)NC)c1. The second-order valence-corrected chi connectivity index (χ2v) is 7.02. The maximum atomic E-state index is 12.5. The van der Waals surface area contributed by atoms with Crippen molar-refractivity contribution in [2.45, 2.75) is 31.0 Å². The Bertz CT molecular complexity index is 936. The number of benzene rings is 2. The van der Waals surface area contributed by atoms with Crippen molar-refractivity contribution >= 4 is 11.8 Å². The minimum Gasteiger partial charge on any atom is -0.462 e. The molecule has 0 radical (unpaired) electrons. The maximum Gasteiger partial charge on any atom is 0.251 e. The van der Waals surface area contributed by atoms with Gasteiger partial charge in [-0.1, -0.05) is 12.1 Å². The van der Waals surface area contributed by atoms with Gasteiger partial charge in [0.2, 0.25) is 6.29 Å². The molecular weight excluding hydrogens is 420 g/mol. The van der Waals surface area contributed by atoms with E-state index in [-0.39, 0.29) is 23.6 Å². The number of hydrogen-bond donors (Lipinski definition) is 7. The van der Waals surface area contributed by atoms with E-state index in [1.807, 2.05) is 0 Å². The van der Waals surface area contributed by atoms with Crippen molar-refractivity contribution in [3.05, 3.63) is 53.6 Å². The van der Waals surface area contributed by atoms with Gasteiger partial charge in [0, 0.05) is 26.3 Å². The van der Waals surface area contributed by atoms with Crippen LogP contribution in [-0.4, -0.2) is 82.7 Å². The van der Waals surface area contributed by atoms with Crippen LogP contribution in [0.1, 0.15) is 27.1 Å². The molecule has 0 aromatic heterocycles. The monoisotopic (exact) mass is 448 g/mol. The molecule has 0 saturated heterocycles. The van der Waals surface area contributed by atoms with Crippen molar-refractivity contribution in [1.82, 2.24) is 10.6 Å². The van der Waals surface area contributed by atoms with Gasteiger partial charge in [0.15, 0.2) is 0 Å². The van der Waals surface area contributed by atoms with E-state index in [4.69, 9.17) is 9.84 Å². The molecule has 0 bridgehead atoms. The summed E-state index contributed by atoms with van der Waals surface area (Å²) in [6.07, 6.45) is -7.22. The lowest BCUT2D eigenvalue weighted by Gasteiger charge is -2.26. The summed E-state index contributed by atoms with van der Waals surface area (Å²) in [5, 5.41) is 53.6. The lowest BCUT2D eigenvalue weighted by atomic mass is 9.97. The van der Waals surface area contributed by atoms with Crippen LogP contribution in [0.4, 0.5) is 0 Å². The largest absolute Gasteiger partial charge is 0.462 e. The van der Waals surface area contributed by atoms with Crippen LogP contribution < -0.4 is 15.4 Å². The number of hydrogen-bond acceptors (Lipinski definition) is 8. The number of aliphatic hydroxyl groups is 5. The summed E-state index contributed by atoms with van der Waals surface area (Å²) in [4.78, 5) is 24.4. The first kappa shape index (κ1) is 25.2. The zero-order valence-corrected chi connectivity index (χ0v) is 17.7. The Labute approximate surface area is 185 Å². The molecule has 10 heteroatoms. The van der Waals surface area contributed by atoms with Crippen LogP contribution in [0.3, 0.4) is 0 Å². The van der Waals surface area contributed by atoms with Crippen LogP contribution in [0.2, 0.25) is 0 Å². The number of amides is 2. The van der Waals surface area contributed by atoms with E-state index in [1.165, 1.54) is 26.2 Å². The molecule has 2 amide bonds. The van der Waals surface area contributed by atoms with Crippen LogP contribution in [0.25, 0.3) is 11.1 Å². The fraction of sp³-hybridized carbons (Fsp3) is 0.364. The molecule has 0 heterocycles. The summed E-state index contributed by atoms with van der Waals surface area (Å²) >= 11 is 0. The number of rotatable bonds is 10. The molecule has 0 saturated carbocycles. The Morgan fingerprint density at radius 3 is 2.25 bits per heavy atom. The highest BCUT2D eigenvalue weighted by atomic mass is 16.6. The van der Waals surface area contributed by atoms with Gasteiger partial charge in [-0.05, 0) is 47.9 Å². The molecule has 2 rings (SSSR count). The normalized spacial score (nSPS) is 14.7. The van der Waals surface area contributed by atoms with Gasteiger partial charge in [0.25, 0.3) is 11.8 Å². The van der Waals surface area contributed by atoms with Crippen LogP contribution in [0.15, 0.2) is 42.5 Å². The molecule has 174 valence electrons. The maximum absolute atomic E-state index is 12.5. The first-order valence-corrected chi connectivity index (χ1v) is 9.91. The third kappa shape index (κ3) is 6.02. The Kier molecular flexibility index (Phi) is 9.12. The van der Waals surface area contributed by atoms with E-state index >= 15 is 0 Å². The zero-order chi connectivity index (χ0) is 23.8. The summed E-state index contributed by atoms with van der Waals surface area (Å²) in [5.74, 6) is -0.721. The first-order valence-electron chi connectivity index (χ1n) is 9.91. The minimum atomic E-state index is -1.92. The predicted molar refractivity (Wildman–Crippen MR) is 115 cm³/mol. The molecule has 0 aliphatic carbocycles. The van der Waals surface area contributed by atoms with E-state index < -0.39 is 37.1 Å². The highest BCUT2D eigenvalue weighted by molar-refractivity contribution is 6.02.